The number of nitrogens with zero attached hydrogens (tertiary/aromatic N) is 5. The van der Waals surface area contributed by atoms with Crippen molar-refractivity contribution < 1.29 is 18.0 Å². The van der Waals surface area contributed by atoms with E-state index in [1.54, 1.807) is 23.4 Å². The van der Waals surface area contributed by atoms with E-state index in [4.69, 9.17) is 0 Å². The lowest BCUT2D eigenvalue weighted by Gasteiger charge is -2.51. The minimum Gasteiger partial charge on any atom is -0.387 e. The molecule has 0 aliphatic carbocycles. The fourth-order valence-corrected chi connectivity index (χ4v) is 8.62. The number of amides is 2. The molecule has 236 valence electrons. The van der Waals surface area contributed by atoms with Gasteiger partial charge in [0.2, 0.25) is 21.8 Å². The Labute approximate surface area is 272 Å². The van der Waals surface area contributed by atoms with Crippen LogP contribution >= 0.6 is 15.9 Å². The average Bonchev–Trinajstić information content (AvgIpc) is 3.48. The van der Waals surface area contributed by atoms with Gasteiger partial charge in [0.25, 0.3) is 0 Å². The number of rotatable bonds is 10. The minimum atomic E-state index is -3.99. The van der Waals surface area contributed by atoms with Crippen LogP contribution in [-0.2, 0) is 39.0 Å². The van der Waals surface area contributed by atoms with Crippen molar-refractivity contribution in [3.05, 3.63) is 106 Å². The van der Waals surface area contributed by atoms with Gasteiger partial charge in [-0.15, -0.1) is 0 Å². The molecule has 0 bridgehead atoms. The number of allylic oxidation sites excluding steroid dienone is 1. The molecule has 0 spiro atoms. The molecule has 6 rings (SSSR count). The normalized spacial score (nSPS) is 20.6. The molecule has 3 aliphatic heterocycles. The molecule has 0 saturated carbocycles. The summed E-state index contributed by atoms with van der Waals surface area (Å²) in [7, 11) is -3.99. The van der Waals surface area contributed by atoms with Gasteiger partial charge < -0.3 is 19.7 Å². The summed E-state index contributed by atoms with van der Waals surface area (Å²) < 4.78 is 32.8. The number of benzene rings is 2. The second-order valence-corrected chi connectivity index (χ2v) is 14.3. The van der Waals surface area contributed by atoms with E-state index in [2.05, 4.69) is 32.3 Å². The van der Waals surface area contributed by atoms with Crippen LogP contribution in [0, 0.1) is 0 Å². The molecule has 2 amide bonds. The molecule has 2 saturated heterocycles. The van der Waals surface area contributed by atoms with Gasteiger partial charge in [0, 0.05) is 49.7 Å². The van der Waals surface area contributed by atoms with Crippen molar-refractivity contribution in [2.75, 3.05) is 26.2 Å². The van der Waals surface area contributed by atoms with Gasteiger partial charge >= 0.3 is 0 Å². The van der Waals surface area contributed by atoms with Gasteiger partial charge in [-0.1, -0.05) is 59.3 Å². The third-order valence-corrected chi connectivity index (χ3v) is 11.1. The maximum absolute atomic E-state index is 14.3. The van der Waals surface area contributed by atoms with Crippen molar-refractivity contribution in [3.8, 4) is 0 Å². The third kappa shape index (κ3) is 6.63. The van der Waals surface area contributed by atoms with Crippen molar-refractivity contribution in [2.45, 2.75) is 56.3 Å². The largest absolute Gasteiger partial charge is 0.387 e. The second-order valence-electron chi connectivity index (χ2n) is 11.6. The van der Waals surface area contributed by atoms with Gasteiger partial charge in [0.05, 0.1) is 23.5 Å². The van der Waals surface area contributed by atoms with Gasteiger partial charge in [-0.2, -0.15) is 4.31 Å². The lowest BCUT2D eigenvalue weighted by Crippen LogP contribution is -2.71. The smallest absolute Gasteiger partial charge is 0.245 e. The average molecular weight is 694 g/mol. The molecule has 1 N–H and O–H groups in total. The lowest BCUT2D eigenvalue weighted by atomic mass is 10.0. The summed E-state index contributed by atoms with van der Waals surface area (Å²) in [5.41, 5.74) is 3.59. The van der Waals surface area contributed by atoms with Crippen LogP contribution < -0.4 is 5.32 Å². The number of aromatic nitrogens is 2. The highest BCUT2D eigenvalue weighted by molar-refractivity contribution is 9.10. The molecule has 2 aromatic carbocycles. The Hall–Kier alpha value is -3.74. The van der Waals surface area contributed by atoms with Crippen LogP contribution in [0.25, 0.3) is 0 Å². The van der Waals surface area contributed by atoms with E-state index in [9.17, 15) is 18.0 Å². The first-order valence-electron chi connectivity index (χ1n) is 15.3. The Balaban J connectivity index is 1.32. The predicted octanol–water partition coefficient (Wildman–Crippen LogP) is 3.69. The van der Waals surface area contributed by atoms with Crippen LogP contribution in [0.5, 0.6) is 0 Å². The summed E-state index contributed by atoms with van der Waals surface area (Å²) in [6.07, 6.45) is 10.1. The molecule has 3 aromatic rings. The number of halogens is 1. The molecule has 2 unspecified atom stereocenters. The van der Waals surface area contributed by atoms with E-state index in [0.29, 0.717) is 37.2 Å². The van der Waals surface area contributed by atoms with Crippen molar-refractivity contribution in [3.63, 3.8) is 0 Å². The highest BCUT2D eigenvalue weighted by Gasteiger charge is 2.51. The Bertz CT molecular complexity index is 1740. The zero-order chi connectivity index (χ0) is 31.6. The van der Waals surface area contributed by atoms with Gasteiger partial charge in [-0.25, -0.2) is 13.4 Å². The first kappa shape index (κ1) is 31.3. The molecule has 0 radical (unpaired) electrons. The quantitative estimate of drug-likeness (QED) is 0.348. The Morgan fingerprint density at radius 1 is 1.11 bits per heavy atom. The fourth-order valence-electron chi connectivity index (χ4n) is 6.37. The number of aryl methyl sites for hydroxylation is 1. The third-order valence-electron chi connectivity index (χ3n) is 8.66. The SMILES string of the molecule is CCc1cc(Br)ccc1S(=O)(=O)N1CCC(=O)N2C(Cc3cn(Cc4ccccc4)cn3)C(=O)N(CCC3=CCNC=C3)CC21. The number of carbonyl (C=O) groups is 2. The molecule has 1 aromatic heterocycles. The number of piperazine rings is 1. The van der Waals surface area contributed by atoms with E-state index in [1.165, 1.54) is 9.21 Å². The summed E-state index contributed by atoms with van der Waals surface area (Å²) in [6, 6.07) is 14.3. The standard InChI is InChI=1S/C33H37BrN6O4S/c1-2-26-18-27(34)8-9-30(26)45(43,44)39-17-13-32(41)40-29(19-28-21-37(23-36-28)20-25-6-4-3-5-7-25)33(42)38(22-31(39)40)16-12-24-10-14-35-15-11-24/h3-11,14,18,21,23,29,31,35H,2,12-13,15-17,19-20,22H2,1H3. The molecule has 2 fully saturated rings. The number of dihydropyridines is 1. The molecular weight excluding hydrogens is 656 g/mol. The predicted molar refractivity (Wildman–Crippen MR) is 174 cm³/mol. The van der Waals surface area contributed by atoms with Crippen LogP contribution in [0.15, 0.2) is 94.3 Å². The number of imidazole rings is 1. The molecule has 2 atom stereocenters. The van der Waals surface area contributed by atoms with E-state index < -0.39 is 22.2 Å². The zero-order valence-corrected chi connectivity index (χ0v) is 27.6. The van der Waals surface area contributed by atoms with Gasteiger partial charge in [-0.3, -0.25) is 9.59 Å². The summed E-state index contributed by atoms with van der Waals surface area (Å²) in [5.74, 6) is -0.406. The Kier molecular flexibility index (Phi) is 9.25. The van der Waals surface area contributed by atoms with E-state index in [1.807, 2.05) is 66.4 Å². The Morgan fingerprint density at radius 3 is 2.69 bits per heavy atom. The van der Waals surface area contributed by atoms with E-state index >= 15 is 0 Å². The van der Waals surface area contributed by atoms with Gasteiger partial charge in [0.15, 0.2) is 0 Å². The number of carbonyl (C=O) groups excluding carboxylic acids is 2. The molecule has 10 nitrogen and oxygen atoms in total. The maximum Gasteiger partial charge on any atom is 0.245 e. The number of nitrogens with one attached hydrogen (secondary N) is 1. The molecule has 4 heterocycles. The molecule has 12 heteroatoms. The van der Waals surface area contributed by atoms with Crippen molar-refractivity contribution >= 4 is 37.8 Å². The number of sulfonamides is 1. The minimum absolute atomic E-state index is 0.00459. The summed E-state index contributed by atoms with van der Waals surface area (Å²) in [6.45, 7) is 3.85. The van der Waals surface area contributed by atoms with Crippen LogP contribution in [0.1, 0.15) is 36.6 Å². The summed E-state index contributed by atoms with van der Waals surface area (Å²) in [4.78, 5) is 35.8. The van der Waals surface area contributed by atoms with Gasteiger partial charge in [0.1, 0.15) is 12.2 Å². The second kappa shape index (κ2) is 13.3. The molecular formula is C33H37BrN6O4S. The van der Waals surface area contributed by atoms with Crippen LogP contribution in [0.3, 0.4) is 0 Å². The number of hydrogen-bond donors (Lipinski definition) is 1. The molecule has 45 heavy (non-hydrogen) atoms. The summed E-state index contributed by atoms with van der Waals surface area (Å²) >= 11 is 3.46. The number of hydrogen-bond acceptors (Lipinski definition) is 6. The summed E-state index contributed by atoms with van der Waals surface area (Å²) in [5, 5.41) is 3.14. The number of fused-ring (bicyclic) bond motifs is 1. The van der Waals surface area contributed by atoms with Crippen LogP contribution in [0.4, 0.5) is 0 Å². The Morgan fingerprint density at radius 2 is 1.93 bits per heavy atom. The first-order chi connectivity index (χ1) is 21.7. The van der Waals surface area contributed by atoms with Gasteiger partial charge in [-0.05, 0) is 60.0 Å². The zero-order valence-electron chi connectivity index (χ0n) is 25.2. The van der Waals surface area contributed by atoms with Crippen molar-refractivity contribution in [1.29, 1.82) is 0 Å². The lowest BCUT2D eigenvalue weighted by molar-refractivity contribution is -0.164. The maximum atomic E-state index is 14.3. The highest BCUT2D eigenvalue weighted by atomic mass is 79.9. The topological polar surface area (TPSA) is 108 Å². The fraction of sp³-hybridized carbons (Fsp3) is 0.364. The van der Waals surface area contributed by atoms with E-state index in [0.717, 1.165) is 22.2 Å². The van der Waals surface area contributed by atoms with Crippen molar-refractivity contribution in [1.82, 2.24) is 29.0 Å². The first-order valence-corrected chi connectivity index (χ1v) is 17.5. The van der Waals surface area contributed by atoms with E-state index in [-0.39, 0.29) is 42.6 Å². The van der Waals surface area contributed by atoms with Crippen LogP contribution in [-0.4, -0.2) is 82.3 Å². The van der Waals surface area contributed by atoms with Crippen molar-refractivity contribution in [2.24, 2.45) is 0 Å². The van der Waals surface area contributed by atoms with Crippen LogP contribution in [0.2, 0.25) is 0 Å². The molecule has 3 aliphatic rings. The monoisotopic (exact) mass is 692 g/mol. The highest BCUT2D eigenvalue weighted by Crippen LogP contribution is 2.33.